The van der Waals surface area contributed by atoms with Crippen LogP contribution in [0, 0.1) is 12.8 Å². The smallest absolute Gasteiger partial charge is 0.329 e. The third kappa shape index (κ3) is 4.75. The molecule has 2 N–H and O–H groups in total. The zero-order valence-electron chi connectivity index (χ0n) is 20.7. The molecular formula is C25H35N5O4. The highest BCUT2D eigenvalue weighted by atomic mass is 16.5. The Morgan fingerprint density at radius 3 is 2.62 bits per heavy atom. The number of imidazole rings is 1. The summed E-state index contributed by atoms with van der Waals surface area (Å²) in [4.78, 5) is 34.1. The molecule has 0 spiro atoms. The van der Waals surface area contributed by atoms with Gasteiger partial charge >= 0.3 is 5.69 Å². The average molecular weight is 470 g/mol. The van der Waals surface area contributed by atoms with Gasteiger partial charge in [0.15, 0.2) is 11.2 Å². The summed E-state index contributed by atoms with van der Waals surface area (Å²) in [6, 6.07) is 6.09. The lowest BCUT2D eigenvalue weighted by atomic mass is 10.00. The first-order valence-electron chi connectivity index (χ1n) is 12.0. The van der Waals surface area contributed by atoms with Crippen LogP contribution >= 0.6 is 0 Å². The molecule has 9 heteroatoms. The van der Waals surface area contributed by atoms with Crippen molar-refractivity contribution in [3.63, 3.8) is 0 Å². The van der Waals surface area contributed by atoms with Crippen LogP contribution in [0.2, 0.25) is 0 Å². The number of nitrogens with zero attached hydrogens (tertiary/aromatic N) is 4. The summed E-state index contributed by atoms with van der Waals surface area (Å²) >= 11 is 0. The van der Waals surface area contributed by atoms with Crippen LogP contribution in [0.1, 0.15) is 50.7 Å². The Morgan fingerprint density at radius 1 is 1.24 bits per heavy atom. The summed E-state index contributed by atoms with van der Waals surface area (Å²) in [5, 5.41) is 10.9. The van der Waals surface area contributed by atoms with Gasteiger partial charge in [0, 0.05) is 20.1 Å². The number of benzene rings is 1. The van der Waals surface area contributed by atoms with Gasteiger partial charge in [-0.2, -0.15) is 4.98 Å². The lowest BCUT2D eigenvalue weighted by Gasteiger charge is -2.31. The van der Waals surface area contributed by atoms with Crippen LogP contribution in [0.3, 0.4) is 0 Å². The van der Waals surface area contributed by atoms with E-state index in [0.717, 1.165) is 42.8 Å². The Balaban J connectivity index is 1.65. The van der Waals surface area contributed by atoms with Crippen molar-refractivity contribution in [3.8, 4) is 5.75 Å². The molecule has 1 saturated heterocycles. The summed E-state index contributed by atoms with van der Waals surface area (Å²) in [7, 11) is 1.59. The van der Waals surface area contributed by atoms with Crippen molar-refractivity contribution in [1.29, 1.82) is 0 Å². The summed E-state index contributed by atoms with van der Waals surface area (Å²) in [5.41, 5.74) is 1.76. The standard InChI is InChI=1S/C25H35N5O4/c1-15(2)19-7-6-17(4)12-20(19)34-14-18(31)13-30-21-22(28(5)25(33)27-23(21)32)26-24(30)29-10-8-16(3)9-11-29/h6-7,12,15-16,18,31H,8-11,13-14H2,1-5H3,(H,27,32,33). The normalized spacial score (nSPS) is 15.9. The minimum absolute atomic E-state index is 0.0724. The van der Waals surface area contributed by atoms with Crippen molar-refractivity contribution in [3.05, 3.63) is 50.2 Å². The van der Waals surface area contributed by atoms with Crippen molar-refractivity contribution in [2.75, 3.05) is 24.6 Å². The number of ether oxygens (including phenoxy) is 1. The molecule has 1 fully saturated rings. The molecule has 9 nitrogen and oxygen atoms in total. The molecule has 1 aromatic carbocycles. The van der Waals surface area contributed by atoms with E-state index in [9.17, 15) is 14.7 Å². The van der Waals surface area contributed by atoms with Crippen LogP contribution in [-0.2, 0) is 13.6 Å². The fourth-order valence-electron chi connectivity index (χ4n) is 4.54. The number of aromatic nitrogens is 4. The van der Waals surface area contributed by atoms with E-state index >= 15 is 0 Å². The van der Waals surface area contributed by atoms with Gasteiger partial charge < -0.3 is 19.3 Å². The number of aromatic amines is 1. The number of hydrogen-bond donors (Lipinski definition) is 2. The highest BCUT2D eigenvalue weighted by Gasteiger charge is 2.26. The number of fused-ring (bicyclic) bond motifs is 1. The zero-order valence-corrected chi connectivity index (χ0v) is 20.7. The van der Waals surface area contributed by atoms with Gasteiger partial charge in [0.2, 0.25) is 5.95 Å². The fraction of sp³-hybridized carbons (Fsp3) is 0.560. The first kappa shape index (κ1) is 24.1. The Morgan fingerprint density at radius 2 is 1.94 bits per heavy atom. The molecule has 0 saturated carbocycles. The molecule has 1 aliphatic rings. The highest BCUT2D eigenvalue weighted by molar-refractivity contribution is 5.74. The number of nitrogens with one attached hydrogen (secondary N) is 1. The van der Waals surface area contributed by atoms with Crippen LogP contribution in [0.5, 0.6) is 5.75 Å². The van der Waals surface area contributed by atoms with Crippen LogP contribution in [0.4, 0.5) is 5.95 Å². The van der Waals surface area contributed by atoms with Gasteiger partial charge in [-0.25, -0.2) is 4.79 Å². The minimum atomic E-state index is -0.878. The first-order valence-corrected chi connectivity index (χ1v) is 12.0. The summed E-state index contributed by atoms with van der Waals surface area (Å²) < 4.78 is 9.11. The molecular weight excluding hydrogens is 434 g/mol. The monoisotopic (exact) mass is 469 g/mol. The number of aliphatic hydroxyl groups excluding tert-OH is 1. The van der Waals surface area contributed by atoms with Gasteiger partial charge in [0.1, 0.15) is 18.5 Å². The first-order chi connectivity index (χ1) is 16.2. The average Bonchev–Trinajstić information content (AvgIpc) is 3.16. The van der Waals surface area contributed by atoms with E-state index < -0.39 is 17.4 Å². The van der Waals surface area contributed by atoms with Crippen molar-refractivity contribution in [1.82, 2.24) is 19.1 Å². The predicted molar refractivity (Wildman–Crippen MR) is 133 cm³/mol. The van der Waals surface area contributed by atoms with E-state index in [0.29, 0.717) is 23.4 Å². The van der Waals surface area contributed by atoms with E-state index in [2.05, 4.69) is 47.8 Å². The Kier molecular flexibility index (Phi) is 6.84. The molecule has 0 amide bonds. The second-order valence-electron chi connectivity index (χ2n) is 9.84. The second kappa shape index (κ2) is 9.66. The SMILES string of the molecule is Cc1ccc(C(C)C)c(OCC(O)Cn2c(N3CCC(C)CC3)nc3c2c(=O)[nH]c(=O)n3C)c1. The number of H-pyrrole nitrogens is 1. The number of piperidine rings is 1. The summed E-state index contributed by atoms with van der Waals surface area (Å²) in [6.45, 7) is 10.3. The number of aryl methyl sites for hydroxylation is 2. The topological polar surface area (TPSA) is 105 Å². The Hall–Kier alpha value is -3.07. The molecule has 1 aliphatic heterocycles. The molecule has 0 bridgehead atoms. The van der Waals surface area contributed by atoms with Crippen LogP contribution in [0.25, 0.3) is 11.2 Å². The highest BCUT2D eigenvalue weighted by Crippen LogP contribution is 2.28. The summed E-state index contributed by atoms with van der Waals surface area (Å²) in [6.07, 6.45) is 1.17. The molecule has 184 valence electrons. The third-order valence-corrected chi connectivity index (χ3v) is 6.67. The lowest BCUT2D eigenvalue weighted by molar-refractivity contribution is 0.0929. The molecule has 3 heterocycles. The third-order valence-electron chi connectivity index (χ3n) is 6.67. The van der Waals surface area contributed by atoms with Gasteiger partial charge in [-0.1, -0.05) is 32.9 Å². The van der Waals surface area contributed by atoms with Gasteiger partial charge in [0.25, 0.3) is 5.56 Å². The molecule has 2 aromatic heterocycles. The van der Waals surface area contributed by atoms with Crippen molar-refractivity contribution in [2.24, 2.45) is 13.0 Å². The fourth-order valence-corrected chi connectivity index (χ4v) is 4.54. The van der Waals surface area contributed by atoms with Crippen LogP contribution < -0.4 is 20.9 Å². The van der Waals surface area contributed by atoms with Crippen molar-refractivity contribution >= 4 is 17.1 Å². The molecule has 34 heavy (non-hydrogen) atoms. The number of aliphatic hydroxyl groups is 1. The maximum Gasteiger partial charge on any atom is 0.329 e. The lowest BCUT2D eigenvalue weighted by Crippen LogP contribution is -2.36. The van der Waals surface area contributed by atoms with E-state index in [1.165, 1.54) is 4.57 Å². The Bertz CT molecular complexity index is 1280. The molecule has 0 aliphatic carbocycles. The van der Waals surface area contributed by atoms with E-state index in [1.807, 2.05) is 13.0 Å². The van der Waals surface area contributed by atoms with E-state index in [1.54, 1.807) is 11.6 Å². The van der Waals surface area contributed by atoms with E-state index in [4.69, 9.17) is 4.74 Å². The Labute approximate surface area is 199 Å². The summed E-state index contributed by atoms with van der Waals surface area (Å²) in [5.74, 6) is 2.28. The van der Waals surface area contributed by atoms with Crippen molar-refractivity contribution in [2.45, 2.75) is 59.1 Å². The number of anilines is 1. The largest absolute Gasteiger partial charge is 0.491 e. The zero-order chi connectivity index (χ0) is 24.6. The quantitative estimate of drug-likeness (QED) is 0.551. The maximum atomic E-state index is 12.8. The molecule has 3 aromatic rings. The minimum Gasteiger partial charge on any atom is -0.491 e. The van der Waals surface area contributed by atoms with Gasteiger partial charge in [-0.15, -0.1) is 0 Å². The number of rotatable bonds is 7. The molecule has 1 atom stereocenters. The molecule has 4 rings (SSSR count). The van der Waals surface area contributed by atoms with Gasteiger partial charge in [-0.3, -0.25) is 14.3 Å². The van der Waals surface area contributed by atoms with Gasteiger partial charge in [-0.05, 0) is 48.8 Å². The molecule has 1 unspecified atom stereocenters. The molecule has 0 radical (unpaired) electrons. The second-order valence-corrected chi connectivity index (χ2v) is 9.84. The predicted octanol–water partition coefficient (Wildman–Crippen LogP) is 2.53. The number of hydrogen-bond acceptors (Lipinski definition) is 6. The van der Waals surface area contributed by atoms with Crippen LogP contribution in [0.15, 0.2) is 27.8 Å². The van der Waals surface area contributed by atoms with Crippen molar-refractivity contribution < 1.29 is 9.84 Å². The van der Waals surface area contributed by atoms with Crippen LogP contribution in [-0.4, -0.2) is 50.0 Å². The maximum absolute atomic E-state index is 12.8. The van der Waals surface area contributed by atoms with Gasteiger partial charge in [0.05, 0.1) is 6.54 Å². The van der Waals surface area contributed by atoms with E-state index in [-0.39, 0.29) is 18.7 Å².